The maximum atomic E-state index is 12.4. The van der Waals surface area contributed by atoms with E-state index in [1.54, 1.807) is 37.3 Å². The summed E-state index contributed by atoms with van der Waals surface area (Å²) in [6, 6.07) is 13.1. The van der Waals surface area contributed by atoms with Gasteiger partial charge in [-0.3, -0.25) is 4.79 Å². The second-order valence-electron chi connectivity index (χ2n) is 8.80. The van der Waals surface area contributed by atoms with Crippen LogP contribution in [0.5, 0.6) is 0 Å². The van der Waals surface area contributed by atoms with E-state index in [1.807, 2.05) is 17.8 Å². The molecule has 0 radical (unpaired) electrons. The Morgan fingerprint density at radius 3 is 2.47 bits per heavy atom. The number of rotatable bonds is 5. The third-order valence-corrected chi connectivity index (χ3v) is 6.35. The van der Waals surface area contributed by atoms with Crippen LogP contribution >= 0.6 is 11.8 Å². The lowest BCUT2D eigenvalue weighted by Crippen LogP contribution is -2.33. The number of benzene rings is 2. The summed E-state index contributed by atoms with van der Waals surface area (Å²) in [5, 5.41) is 2.96. The van der Waals surface area contributed by atoms with Gasteiger partial charge in [0.25, 0.3) is 0 Å². The maximum Gasteiger partial charge on any atom is 0.338 e. The molecule has 0 bridgehead atoms. The van der Waals surface area contributed by atoms with Crippen molar-refractivity contribution in [2.75, 3.05) is 11.9 Å². The molecular formula is C25H29NO3S. The van der Waals surface area contributed by atoms with Crippen LogP contribution < -0.4 is 5.32 Å². The first kappa shape index (κ1) is 22.2. The van der Waals surface area contributed by atoms with Crippen LogP contribution in [0.4, 0.5) is 5.69 Å². The van der Waals surface area contributed by atoms with Gasteiger partial charge in [0, 0.05) is 21.4 Å². The largest absolute Gasteiger partial charge is 0.462 e. The summed E-state index contributed by atoms with van der Waals surface area (Å²) in [6.07, 6.45) is 4.31. The molecule has 1 N–H and O–H groups in total. The molecule has 0 spiro atoms. The van der Waals surface area contributed by atoms with Crippen LogP contribution in [-0.2, 0) is 14.9 Å². The topological polar surface area (TPSA) is 55.4 Å². The number of carbonyl (C=O) groups excluding carboxylic acids is 2. The predicted octanol–water partition coefficient (Wildman–Crippen LogP) is 6.07. The minimum atomic E-state index is -0.345. The van der Waals surface area contributed by atoms with E-state index in [0.29, 0.717) is 12.2 Å². The van der Waals surface area contributed by atoms with Crippen molar-refractivity contribution < 1.29 is 14.3 Å². The van der Waals surface area contributed by atoms with Gasteiger partial charge in [0.1, 0.15) is 0 Å². The van der Waals surface area contributed by atoms with E-state index in [1.165, 1.54) is 16.5 Å². The fourth-order valence-electron chi connectivity index (χ4n) is 4.02. The fraction of sp³-hybridized carbons (Fsp3) is 0.360. The normalized spacial score (nSPS) is 16.7. The molecule has 0 atom stereocenters. The molecule has 0 fully saturated rings. The van der Waals surface area contributed by atoms with Gasteiger partial charge < -0.3 is 10.1 Å². The molecule has 0 saturated heterocycles. The highest BCUT2D eigenvalue weighted by molar-refractivity contribution is 8.00. The minimum absolute atomic E-state index is 0.0569. The highest BCUT2D eigenvalue weighted by Gasteiger charge is 2.38. The summed E-state index contributed by atoms with van der Waals surface area (Å²) in [4.78, 5) is 25.4. The molecule has 1 heterocycles. The highest BCUT2D eigenvalue weighted by atomic mass is 32.2. The van der Waals surface area contributed by atoms with E-state index in [4.69, 9.17) is 4.74 Å². The SMILES string of the molecule is CCOC(=O)c1ccc(/C=C/C(=O)Nc2ccc3c(c2)C(C)(C)CC(C)(C)S3)cc1. The Balaban J connectivity index is 1.68. The van der Waals surface area contributed by atoms with Gasteiger partial charge in [-0.1, -0.05) is 39.8 Å². The standard InChI is InChI=1S/C25H29NO3S/c1-6-29-23(28)18-10-7-17(8-11-18)9-14-22(27)26-19-12-13-21-20(15-19)24(2,3)16-25(4,5)30-21/h7-15H,6,16H2,1-5H3,(H,26,27)/b14-9+. The number of thioether (sulfide) groups is 1. The van der Waals surface area contributed by atoms with Crippen molar-refractivity contribution in [2.24, 2.45) is 0 Å². The first-order chi connectivity index (χ1) is 14.1. The molecule has 3 rings (SSSR count). The molecule has 158 valence electrons. The fourth-order valence-corrected chi connectivity index (χ4v) is 5.63. The number of ether oxygens (including phenoxy) is 1. The highest BCUT2D eigenvalue weighted by Crippen LogP contribution is 2.51. The zero-order valence-corrected chi connectivity index (χ0v) is 19.1. The van der Waals surface area contributed by atoms with Crippen molar-refractivity contribution in [1.29, 1.82) is 0 Å². The minimum Gasteiger partial charge on any atom is -0.462 e. The van der Waals surface area contributed by atoms with Gasteiger partial charge in [-0.2, -0.15) is 0 Å². The smallest absolute Gasteiger partial charge is 0.338 e. The Labute approximate surface area is 183 Å². The van der Waals surface area contributed by atoms with E-state index in [0.717, 1.165) is 17.7 Å². The van der Waals surface area contributed by atoms with Gasteiger partial charge in [-0.15, -0.1) is 11.8 Å². The van der Waals surface area contributed by atoms with Gasteiger partial charge in [0.2, 0.25) is 5.91 Å². The van der Waals surface area contributed by atoms with E-state index >= 15 is 0 Å². The van der Waals surface area contributed by atoms with Crippen LogP contribution in [0.1, 0.15) is 62.5 Å². The lowest BCUT2D eigenvalue weighted by molar-refractivity contribution is -0.111. The number of anilines is 1. The number of carbonyl (C=O) groups is 2. The number of fused-ring (bicyclic) bond motifs is 1. The Morgan fingerprint density at radius 1 is 1.10 bits per heavy atom. The van der Waals surface area contributed by atoms with Crippen LogP contribution in [0.3, 0.4) is 0 Å². The number of hydrogen-bond donors (Lipinski definition) is 1. The predicted molar refractivity (Wildman–Crippen MR) is 124 cm³/mol. The van der Waals surface area contributed by atoms with Crippen molar-refractivity contribution in [2.45, 2.75) is 56.1 Å². The van der Waals surface area contributed by atoms with E-state index in [2.05, 4.69) is 45.1 Å². The summed E-state index contributed by atoms with van der Waals surface area (Å²) < 4.78 is 5.18. The van der Waals surface area contributed by atoms with Crippen molar-refractivity contribution in [1.82, 2.24) is 0 Å². The summed E-state index contributed by atoms with van der Waals surface area (Å²) in [7, 11) is 0. The van der Waals surface area contributed by atoms with Gasteiger partial charge >= 0.3 is 5.97 Å². The molecule has 0 aliphatic carbocycles. The summed E-state index contributed by atoms with van der Waals surface area (Å²) in [6.45, 7) is 11.2. The van der Waals surface area contributed by atoms with Crippen LogP contribution in [0.2, 0.25) is 0 Å². The second kappa shape index (κ2) is 8.68. The summed E-state index contributed by atoms with van der Waals surface area (Å²) in [5.41, 5.74) is 3.47. The van der Waals surface area contributed by atoms with Crippen LogP contribution in [0.15, 0.2) is 53.4 Å². The number of esters is 1. The van der Waals surface area contributed by atoms with Crippen LogP contribution in [-0.4, -0.2) is 23.2 Å². The molecule has 0 aromatic heterocycles. The van der Waals surface area contributed by atoms with Gasteiger partial charge in [0.05, 0.1) is 12.2 Å². The molecular weight excluding hydrogens is 394 g/mol. The Morgan fingerprint density at radius 2 is 1.80 bits per heavy atom. The van der Waals surface area contributed by atoms with Crippen molar-refractivity contribution in [3.8, 4) is 0 Å². The van der Waals surface area contributed by atoms with Crippen molar-refractivity contribution >= 4 is 35.4 Å². The van der Waals surface area contributed by atoms with Crippen molar-refractivity contribution in [3.63, 3.8) is 0 Å². The molecule has 2 aromatic carbocycles. The zero-order valence-electron chi connectivity index (χ0n) is 18.2. The molecule has 1 aliphatic rings. The first-order valence-corrected chi connectivity index (χ1v) is 11.0. The third-order valence-electron chi connectivity index (χ3n) is 5.08. The van der Waals surface area contributed by atoms with Gasteiger partial charge in [-0.05, 0) is 66.3 Å². The average molecular weight is 424 g/mol. The number of amides is 1. The molecule has 4 nitrogen and oxygen atoms in total. The quantitative estimate of drug-likeness (QED) is 0.469. The monoisotopic (exact) mass is 423 g/mol. The molecule has 0 unspecified atom stereocenters. The number of hydrogen-bond acceptors (Lipinski definition) is 4. The second-order valence-corrected chi connectivity index (χ2v) is 10.5. The Hall–Kier alpha value is -2.53. The third kappa shape index (κ3) is 5.33. The molecule has 0 saturated carbocycles. The summed E-state index contributed by atoms with van der Waals surface area (Å²) >= 11 is 1.90. The molecule has 2 aromatic rings. The molecule has 30 heavy (non-hydrogen) atoms. The van der Waals surface area contributed by atoms with Crippen LogP contribution in [0.25, 0.3) is 6.08 Å². The van der Waals surface area contributed by atoms with E-state index < -0.39 is 0 Å². The van der Waals surface area contributed by atoms with Crippen LogP contribution in [0, 0.1) is 0 Å². The lowest BCUT2D eigenvalue weighted by Gasteiger charge is -2.41. The maximum absolute atomic E-state index is 12.4. The Kier molecular flexibility index (Phi) is 6.41. The summed E-state index contributed by atoms with van der Waals surface area (Å²) in [5.74, 6) is -0.534. The first-order valence-electron chi connectivity index (χ1n) is 10.2. The number of nitrogens with one attached hydrogen (secondary N) is 1. The zero-order chi connectivity index (χ0) is 21.9. The van der Waals surface area contributed by atoms with Crippen molar-refractivity contribution in [3.05, 3.63) is 65.2 Å². The van der Waals surface area contributed by atoms with E-state index in [9.17, 15) is 9.59 Å². The van der Waals surface area contributed by atoms with Gasteiger partial charge in [-0.25, -0.2) is 4.79 Å². The van der Waals surface area contributed by atoms with Gasteiger partial charge in [0.15, 0.2) is 0 Å². The lowest BCUT2D eigenvalue weighted by atomic mass is 9.77. The Bertz CT molecular complexity index is 974. The van der Waals surface area contributed by atoms with E-state index in [-0.39, 0.29) is 22.0 Å². The molecule has 5 heteroatoms. The average Bonchev–Trinajstić information content (AvgIpc) is 2.66. The molecule has 1 amide bonds. The molecule has 1 aliphatic heterocycles.